The molecule has 0 spiro atoms. The van der Waals surface area contributed by atoms with Crippen LogP contribution in [-0.2, 0) is 0 Å². The number of nitrogens with one attached hydrogen (secondary N) is 2. The Kier molecular flexibility index (Phi) is 6.11. The Morgan fingerprint density at radius 3 is 2.41 bits per heavy atom. The smallest absolute Gasteiger partial charge is 0.257 e. The molecule has 0 aliphatic heterocycles. The summed E-state index contributed by atoms with van der Waals surface area (Å²) in [5.41, 5.74) is 1.44. The molecular weight excluding hydrogens is 382 g/mol. The fourth-order valence-corrected chi connectivity index (χ4v) is 2.97. The number of hydrogen-bond acceptors (Lipinski definition) is 4. The van der Waals surface area contributed by atoms with Gasteiger partial charge in [0.15, 0.2) is 0 Å². The normalized spacial score (nSPS) is 10.3. The van der Waals surface area contributed by atoms with Crippen molar-refractivity contribution >= 4 is 46.7 Å². The monoisotopic (exact) mass is 397 g/mol. The van der Waals surface area contributed by atoms with Gasteiger partial charge in [0.25, 0.3) is 11.8 Å². The number of thioether (sulfide) groups is 1. The second-order valence-electron chi connectivity index (χ2n) is 5.55. The zero-order valence-corrected chi connectivity index (χ0v) is 16.0. The number of anilines is 2. The number of benzene rings is 2. The third-order valence-corrected chi connectivity index (χ3v) is 4.77. The summed E-state index contributed by atoms with van der Waals surface area (Å²) in [6, 6.07) is 17.4. The minimum atomic E-state index is -0.321. The van der Waals surface area contributed by atoms with E-state index in [4.69, 9.17) is 11.6 Å². The highest BCUT2D eigenvalue weighted by molar-refractivity contribution is 7.98. The van der Waals surface area contributed by atoms with E-state index >= 15 is 0 Å². The molecule has 2 amide bonds. The molecule has 2 aromatic carbocycles. The molecule has 0 unspecified atom stereocenters. The fraction of sp³-hybridized carbons (Fsp3) is 0.0500. The van der Waals surface area contributed by atoms with Crippen molar-refractivity contribution in [3.05, 3.63) is 83.0 Å². The zero-order valence-electron chi connectivity index (χ0n) is 14.4. The van der Waals surface area contributed by atoms with Crippen molar-refractivity contribution in [1.29, 1.82) is 0 Å². The summed E-state index contributed by atoms with van der Waals surface area (Å²) in [5.74, 6) is -0.177. The highest BCUT2D eigenvalue weighted by atomic mass is 35.5. The van der Waals surface area contributed by atoms with Gasteiger partial charge in [-0.15, -0.1) is 11.8 Å². The summed E-state index contributed by atoms with van der Waals surface area (Å²) in [6.45, 7) is 0. The topological polar surface area (TPSA) is 71.1 Å². The van der Waals surface area contributed by atoms with Crippen LogP contribution < -0.4 is 10.6 Å². The number of nitrogens with zero attached hydrogens (tertiary/aromatic N) is 1. The molecule has 27 heavy (non-hydrogen) atoms. The molecule has 3 rings (SSSR count). The number of hydrogen-bond donors (Lipinski definition) is 2. The molecule has 0 fully saturated rings. The molecule has 0 saturated carbocycles. The molecule has 0 atom stereocenters. The average Bonchev–Trinajstić information content (AvgIpc) is 2.70. The van der Waals surface area contributed by atoms with Crippen LogP contribution >= 0.6 is 23.4 Å². The number of pyridine rings is 1. The van der Waals surface area contributed by atoms with E-state index < -0.39 is 0 Å². The molecular formula is C20H16ClN3O2S. The van der Waals surface area contributed by atoms with Gasteiger partial charge in [-0.3, -0.25) is 9.59 Å². The molecule has 3 aromatic rings. The molecule has 5 nitrogen and oxygen atoms in total. The van der Waals surface area contributed by atoms with E-state index in [9.17, 15) is 9.59 Å². The van der Waals surface area contributed by atoms with E-state index in [-0.39, 0.29) is 11.8 Å². The molecule has 136 valence electrons. The maximum absolute atomic E-state index is 12.4. The van der Waals surface area contributed by atoms with E-state index in [0.29, 0.717) is 27.7 Å². The highest BCUT2D eigenvalue weighted by Crippen LogP contribution is 2.24. The van der Waals surface area contributed by atoms with Crippen LogP contribution in [0.15, 0.2) is 71.8 Å². The molecule has 0 bridgehead atoms. The Morgan fingerprint density at radius 1 is 0.963 bits per heavy atom. The van der Waals surface area contributed by atoms with Crippen LogP contribution in [0.3, 0.4) is 0 Å². The van der Waals surface area contributed by atoms with E-state index in [1.807, 2.05) is 18.4 Å². The van der Waals surface area contributed by atoms with Crippen molar-refractivity contribution < 1.29 is 9.59 Å². The molecule has 0 saturated heterocycles. The Bertz CT molecular complexity index is 963. The van der Waals surface area contributed by atoms with E-state index in [1.165, 1.54) is 18.0 Å². The number of halogens is 1. The van der Waals surface area contributed by atoms with Crippen LogP contribution in [-0.4, -0.2) is 23.1 Å². The lowest BCUT2D eigenvalue weighted by Crippen LogP contribution is -2.14. The minimum absolute atomic E-state index is 0.249. The first-order chi connectivity index (χ1) is 13.1. The Morgan fingerprint density at radius 2 is 1.74 bits per heavy atom. The molecule has 2 N–H and O–H groups in total. The summed E-state index contributed by atoms with van der Waals surface area (Å²) in [4.78, 5) is 29.7. The van der Waals surface area contributed by atoms with Crippen molar-refractivity contribution in [1.82, 2.24) is 4.98 Å². The van der Waals surface area contributed by atoms with Crippen molar-refractivity contribution in [2.45, 2.75) is 4.90 Å². The predicted octanol–water partition coefficient (Wildman–Crippen LogP) is 4.96. The Hall–Kier alpha value is -2.83. The largest absolute Gasteiger partial charge is 0.321 e. The minimum Gasteiger partial charge on any atom is -0.321 e. The van der Waals surface area contributed by atoms with Crippen LogP contribution in [0, 0.1) is 0 Å². The first-order valence-corrected chi connectivity index (χ1v) is 9.64. The number of aromatic nitrogens is 1. The number of carbonyl (C=O) groups is 2. The summed E-state index contributed by atoms with van der Waals surface area (Å²) in [5, 5.41) is 5.84. The summed E-state index contributed by atoms with van der Waals surface area (Å²) in [7, 11) is 0. The zero-order chi connectivity index (χ0) is 19.2. The molecule has 0 radical (unpaired) electrons. The SMILES string of the molecule is CSc1ccc(Cl)c(C(=O)Nc2ccc(NC(=O)c3ccccc3)nc2)c1. The van der Waals surface area contributed by atoms with Crippen LogP contribution in [0.5, 0.6) is 0 Å². The van der Waals surface area contributed by atoms with E-state index in [0.717, 1.165) is 4.90 Å². The van der Waals surface area contributed by atoms with Crippen molar-refractivity contribution in [3.8, 4) is 0 Å². The van der Waals surface area contributed by atoms with Crippen molar-refractivity contribution in [2.75, 3.05) is 16.9 Å². The van der Waals surface area contributed by atoms with Gasteiger partial charge in [-0.1, -0.05) is 29.8 Å². The number of carbonyl (C=O) groups excluding carboxylic acids is 2. The lowest BCUT2D eigenvalue weighted by atomic mass is 10.2. The van der Waals surface area contributed by atoms with Crippen LogP contribution in [0.2, 0.25) is 5.02 Å². The van der Waals surface area contributed by atoms with Gasteiger partial charge < -0.3 is 10.6 Å². The lowest BCUT2D eigenvalue weighted by molar-refractivity contribution is 0.101. The predicted molar refractivity (Wildman–Crippen MR) is 110 cm³/mol. The Labute approximate surface area is 166 Å². The van der Waals surface area contributed by atoms with E-state index in [2.05, 4.69) is 15.6 Å². The number of rotatable bonds is 5. The first kappa shape index (κ1) is 18.9. The third kappa shape index (κ3) is 4.87. The summed E-state index contributed by atoms with van der Waals surface area (Å²) >= 11 is 7.65. The maximum atomic E-state index is 12.4. The van der Waals surface area contributed by atoms with Gasteiger partial charge in [0.05, 0.1) is 22.5 Å². The summed E-state index contributed by atoms with van der Waals surface area (Å²) < 4.78 is 0. The van der Waals surface area contributed by atoms with Gasteiger partial charge in [-0.25, -0.2) is 4.98 Å². The molecule has 1 aromatic heterocycles. The van der Waals surface area contributed by atoms with Crippen LogP contribution in [0.1, 0.15) is 20.7 Å². The van der Waals surface area contributed by atoms with Crippen LogP contribution in [0.25, 0.3) is 0 Å². The standard InChI is InChI=1S/C20H16ClN3O2S/c1-27-15-8-9-17(21)16(11-15)20(26)23-14-7-10-18(22-12-14)24-19(25)13-5-3-2-4-6-13/h2-12H,1H3,(H,23,26)(H,22,24,25). The first-order valence-electron chi connectivity index (χ1n) is 8.04. The van der Waals surface area contributed by atoms with Crippen LogP contribution in [0.4, 0.5) is 11.5 Å². The number of amides is 2. The summed E-state index contributed by atoms with van der Waals surface area (Å²) in [6.07, 6.45) is 3.40. The van der Waals surface area contributed by atoms with Gasteiger partial charge in [0.2, 0.25) is 0 Å². The maximum Gasteiger partial charge on any atom is 0.257 e. The highest BCUT2D eigenvalue weighted by Gasteiger charge is 2.12. The second kappa shape index (κ2) is 8.70. The lowest BCUT2D eigenvalue weighted by Gasteiger charge is -2.09. The van der Waals surface area contributed by atoms with Gasteiger partial charge in [0, 0.05) is 10.5 Å². The quantitative estimate of drug-likeness (QED) is 0.597. The molecule has 1 heterocycles. The average molecular weight is 398 g/mol. The third-order valence-electron chi connectivity index (χ3n) is 3.72. The van der Waals surface area contributed by atoms with Gasteiger partial charge in [-0.2, -0.15) is 0 Å². The van der Waals surface area contributed by atoms with Crippen molar-refractivity contribution in [3.63, 3.8) is 0 Å². The fourth-order valence-electron chi connectivity index (χ4n) is 2.32. The molecule has 0 aliphatic carbocycles. The Balaban J connectivity index is 1.67. The second-order valence-corrected chi connectivity index (χ2v) is 6.84. The molecule has 7 heteroatoms. The molecule has 0 aliphatic rings. The van der Waals surface area contributed by atoms with E-state index in [1.54, 1.807) is 48.5 Å². The van der Waals surface area contributed by atoms with Gasteiger partial charge in [0.1, 0.15) is 5.82 Å². The van der Waals surface area contributed by atoms with Gasteiger partial charge in [-0.05, 0) is 48.7 Å². The van der Waals surface area contributed by atoms with Gasteiger partial charge >= 0.3 is 0 Å². The van der Waals surface area contributed by atoms with Crippen molar-refractivity contribution in [2.24, 2.45) is 0 Å².